The molecule has 0 aromatic carbocycles. The molecule has 0 aliphatic carbocycles. The predicted molar refractivity (Wildman–Crippen MR) is 63.3 cm³/mol. The molecule has 1 aromatic heterocycles. The quantitative estimate of drug-likeness (QED) is 0.502. The molecule has 4 N–H and O–H groups in total. The molecule has 6 heteroatoms. The molecule has 0 saturated carbocycles. The van der Waals surface area contributed by atoms with Crippen LogP contribution in [0.5, 0.6) is 0 Å². The van der Waals surface area contributed by atoms with Crippen molar-refractivity contribution in [1.29, 1.82) is 5.41 Å². The minimum absolute atomic E-state index is 0.136. The Morgan fingerprint density at radius 3 is 2.75 bits per heavy atom. The Morgan fingerprint density at radius 1 is 1.62 bits per heavy atom. The Bertz CT molecular complexity index is 396. The highest BCUT2D eigenvalue weighted by Gasteiger charge is 2.09. The number of hydrogen-bond donors (Lipinski definition) is 3. The first-order valence-corrected chi connectivity index (χ1v) is 4.87. The van der Waals surface area contributed by atoms with Gasteiger partial charge in [0.15, 0.2) is 5.96 Å². The summed E-state index contributed by atoms with van der Waals surface area (Å²) >= 11 is 0. The summed E-state index contributed by atoms with van der Waals surface area (Å²) in [6.07, 6.45) is 0. The van der Waals surface area contributed by atoms with E-state index in [-0.39, 0.29) is 5.96 Å². The van der Waals surface area contributed by atoms with E-state index in [0.717, 1.165) is 11.5 Å². The molecule has 0 radical (unpaired) electrons. The van der Waals surface area contributed by atoms with Crippen LogP contribution >= 0.6 is 0 Å². The number of nitrogens with two attached hydrogens (primary N) is 1. The largest absolute Gasteiger partial charge is 0.464 e. The van der Waals surface area contributed by atoms with E-state index in [9.17, 15) is 0 Å². The lowest BCUT2D eigenvalue weighted by molar-refractivity contribution is 0.395. The standard InChI is InChI=1S/C10H17N5O/c1-7-4-5-8(16-7)6-15(3)10(13-2)14-9(11)12/h4-5H,6H2,1-3H3,(H4,11,12,13,14). The molecule has 0 bridgehead atoms. The first kappa shape index (κ1) is 12.1. The highest BCUT2D eigenvalue weighted by molar-refractivity contribution is 5.96. The molecular weight excluding hydrogens is 206 g/mol. The molecule has 88 valence electrons. The van der Waals surface area contributed by atoms with Gasteiger partial charge >= 0.3 is 0 Å². The summed E-state index contributed by atoms with van der Waals surface area (Å²) in [7, 11) is 3.48. The molecule has 0 unspecified atom stereocenters. The maximum Gasteiger partial charge on any atom is 0.200 e. The van der Waals surface area contributed by atoms with E-state index >= 15 is 0 Å². The number of hydrogen-bond acceptors (Lipinski definition) is 3. The minimum atomic E-state index is -0.136. The lowest BCUT2D eigenvalue weighted by atomic mass is 10.4. The van der Waals surface area contributed by atoms with Crippen LogP contribution in [0.4, 0.5) is 0 Å². The second-order valence-electron chi connectivity index (χ2n) is 3.45. The first-order chi connectivity index (χ1) is 7.52. The van der Waals surface area contributed by atoms with Crippen molar-refractivity contribution in [2.75, 3.05) is 14.1 Å². The van der Waals surface area contributed by atoms with Gasteiger partial charge in [-0.25, -0.2) is 0 Å². The molecule has 0 amide bonds. The summed E-state index contributed by atoms with van der Waals surface area (Å²) in [6.45, 7) is 2.47. The van der Waals surface area contributed by atoms with Crippen molar-refractivity contribution < 1.29 is 4.42 Å². The second-order valence-corrected chi connectivity index (χ2v) is 3.45. The van der Waals surface area contributed by atoms with Crippen molar-refractivity contribution in [3.63, 3.8) is 0 Å². The number of furan rings is 1. The van der Waals surface area contributed by atoms with Gasteiger partial charge in [0.25, 0.3) is 0 Å². The molecule has 6 nitrogen and oxygen atoms in total. The smallest absolute Gasteiger partial charge is 0.200 e. The Labute approximate surface area is 94.6 Å². The van der Waals surface area contributed by atoms with E-state index in [1.54, 1.807) is 7.05 Å². The van der Waals surface area contributed by atoms with Crippen molar-refractivity contribution in [2.24, 2.45) is 10.7 Å². The fourth-order valence-corrected chi connectivity index (χ4v) is 1.32. The summed E-state index contributed by atoms with van der Waals surface area (Å²) in [5.41, 5.74) is 5.25. The van der Waals surface area contributed by atoms with Gasteiger partial charge in [0.1, 0.15) is 11.5 Å². The van der Waals surface area contributed by atoms with Crippen LogP contribution in [0.3, 0.4) is 0 Å². The molecular formula is C10H17N5O. The highest BCUT2D eigenvalue weighted by atomic mass is 16.3. The molecule has 0 spiro atoms. The molecule has 0 atom stereocenters. The molecule has 1 rings (SSSR count). The highest BCUT2D eigenvalue weighted by Crippen LogP contribution is 2.08. The van der Waals surface area contributed by atoms with Crippen LogP contribution in [0.25, 0.3) is 0 Å². The van der Waals surface area contributed by atoms with E-state index < -0.39 is 0 Å². The number of rotatable bonds is 2. The van der Waals surface area contributed by atoms with Gasteiger partial charge in [-0.3, -0.25) is 15.7 Å². The lowest BCUT2D eigenvalue weighted by Crippen LogP contribution is -2.44. The lowest BCUT2D eigenvalue weighted by Gasteiger charge is -2.20. The van der Waals surface area contributed by atoms with Crippen LogP contribution < -0.4 is 11.1 Å². The normalized spacial score (nSPS) is 11.3. The average Bonchev–Trinajstić information content (AvgIpc) is 2.60. The van der Waals surface area contributed by atoms with Crippen LogP contribution in [0.1, 0.15) is 11.5 Å². The minimum Gasteiger partial charge on any atom is -0.464 e. The number of guanidine groups is 2. The van der Waals surface area contributed by atoms with Gasteiger partial charge in [0.05, 0.1) is 6.54 Å². The number of nitrogens with one attached hydrogen (secondary N) is 2. The third-order valence-corrected chi connectivity index (χ3v) is 2.01. The molecule has 0 fully saturated rings. The maximum absolute atomic E-state index is 7.14. The Hall–Kier alpha value is -1.98. The fourth-order valence-electron chi connectivity index (χ4n) is 1.32. The van der Waals surface area contributed by atoms with Gasteiger partial charge in [-0.05, 0) is 19.1 Å². The Kier molecular flexibility index (Phi) is 3.93. The Balaban J connectivity index is 2.63. The zero-order valence-electron chi connectivity index (χ0n) is 9.74. The van der Waals surface area contributed by atoms with E-state index in [0.29, 0.717) is 12.5 Å². The van der Waals surface area contributed by atoms with Gasteiger partial charge in [-0.2, -0.15) is 0 Å². The van der Waals surface area contributed by atoms with Gasteiger partial charge < -0.3 is 15.1 Å². The molecule has 16 heavy (non-hydrogen) atoms. The first-order valence-electron chi connectivity index (χ1n) is 4.87. The van der Waals surface area contributed by atoms with Crippen LogP contribution in [0, 0.1) is 12.3 Å². The third kappa shape index (κ3) is 3.30. The maximum atomic E-state index is 7.14. The van der Waals surface area contributed by atoms with Gasteiger partial charge in [-0.1, -0.05) is 0 Å². The van der Waals surface area contributed by atoms with Gasteiger partial charge in [0.2, 0.25) is 5.96 Å². The number of aryl methyl sites for hydroxylation is 1. The predicted octanol–water partition coefficient (Wildman–Crippen LogP) is 0.489. The molecule has 0 saturated heterocycles. The molecule has 0 aliphatic rings. The zero-order chi connectivity index (χ0) is 12.1. The summed E-state index contributed by atoms with van der Waals surface area (Å²) in [5, 5.41) is 9.79. The summed E-state index contributed by atoms with van der Waals surface area (Å²) in [4.78, 5) is 5.82. The molecule has 0 aliphatic heterocycles. The van der Waals surface area contributed by atoms with Gasteiger partial charge in [0, 0.05) is 14.1 Å². The topological polar surface area (TPSA) is 90.6 Å². The van der Waals surface area contributed by atoms with Crippen molar-refractivity contribution in [1.82, 2.24) is 10.2 Å². The molecule has 1 heterocycles. The summed E-state index contributed by atoms with van der Waals surface area (Å²) < 4.78 is 5.44. The Morgan fingerprint density at radius 2 is 2.31 bits per heavy atom. The van der Waals surface area contributed by atoms with E-state index in [1.807, 2.05) is 31.0 Å². The number of aliphatic imine (C=N–C) groups is 1. The van der Waals surface area contributed by atoms with Crippen LogP contribution in [-0.4, -0.2) is 30.9 Å². The molecule has 1 aromatic rings. The SMILES string of the molecule is C/N=C(\NC(=N)N)N(C)Cc1ccc(C)o1. The monoisotopic (exact) mass is 223 g/mol. The third-order valence-electron chi connectivity index (χ3n) is 2.01. The summed E-state index contributed by atoms with van der Waals surface area (Å²) in [5.74, 6) is 2.11. The fraction of sp³-hybridized carbons (Fsp3) is 0.400. The van der Waals surface area contributed by atoms with Gasteiger partial charge in [-0.15, -0.1) is 0 Å². The number of nitrogens with zero attached hydrogens (tertiary/aromatic N) is 2. The average molecular weight is 223 g/mol. The zero-order valence-corrected chi connectivity index (χ0v) is 9.74. The van der Waals surface area contributed by atoms with E-state index in [2.05, 4.69) is 10.3 Å². The van der Waals surface area contributed by atoms with Crippen LogP contribution in [0.15, 0.2) is 21.5 Å². The van der Waals surface area contributed by atoms with Crippen molar-refractivity contribution >= 4 is 11.9 Å². The van der Waals surface area contributed by atoms with E-state index in [4.69, 9.17) is 15.6 Å². The van der Waals surface area contributed by atoms with E-state index in [1.165, 1.54) is 0 Å². The van der Waals surface area contributed by atoms with Crippen LogP contribution in [0.2, 0.25) is 0 Å². The second kappa shape index (κ2) is 5.20. The van der Waals surface area contributed by atoms with Crippen molar-refractivity contribution in [3.8, 4) is 0 Å². The van der Waals surface area contributed by atoms with Crippen molar-refractivity contribution in [3.05, 3.63) is 23.7 Å². The summed E-state index contributed by atoms with van der Waals surface area (Å²) in [6, 6.07) is 3.82. The van der Waals surface area contributed by atoms with Crippen molar-refractivity contribution in [2.45, 2.75) is 13.5 Å². The van der Waals surface area contributed by atoms with Crippen LogP contribution in [-0.2, 0) is 6.54 Å².